The number of ether oxygens (including phenoxy) is 2. The van der Waals surface area contributed by atoms with Crippen LogP contribution in [0.4, 0.5) is 5.95 Å². The molecule has 2 aromatic carbocycles. The Bertz CT molecular complexity index is 1080. The summed E-state index contributed by atoms with van der Waals surface area (Å²) in [5, 5.41) is 3.29. The topological polar surface area (TPSA) is 65.4 Å². The Hall–Kier alpha value is -3.28. The zero-order valence-corrected chi connectivity index (χ0v) is 15.7. The molecule has 2 heterocycles. The summed E-state index contributed by atoms with van der Waals surface area (Å²) >= 11 is 0. The predicted octanol–water partition coefficient (Wildman–Crippen LogP) is 3.93. The fourth-order valence-electron chi connectivity index (χ4n) is 3.76. The van der Waals surface area contributed by atoms with E-state index < -0.39 is 0 Å². The fourth-order valence-corrected chi connectivity index (χ4v) is 3.76. The number of Topliss-reactive ketones (excluding diaryl/α,β-unsaturated/α-hetero) is 1. The van der Waals surface area contributed by atoms with Gasteiger partial charge in [0.1, 0.15) is 0 Å². The molecule has 0 spiro atoms. The van der Waals surface area contributed by atoms with Crippen LogP contribution in [0.15, 0.2) is 53.7 Å². The fraction of sp³-hybridized carbons (Fsp3) is 0.238. The third-order valence-electron chi connectivity index (χ3n) is 4.93. The lowest BCUT2D eigenvalue weighted by atomic mass is 9.92. The van der Waals surface area contributed by atoms with Gasteiger partial charge in [0.15, 0.2) is 17.3 Å². The van der Waals surface area contributed by atoms with Crippen LogP contribution in [0.3, 0.4) is 0 Å². The Morgan fingerprint density at radius 3 is 2.56 bits per heavy atom. The van der Waals surface area contributed by atoms with Gasteiger partial charge in [0.05, 0.1) is 31.3 Å². The van der Waals surface area contributed by atoms with Crippen LogP contribution in [0.5, 0.6) is 11.5 Å². The third kappa shape index (κ3) is 2.65. The van der Waals surface area contributed by atoms with Crippen LogP contribution in [-0.4, -0.2) is 29.6 Å². The number of benzene rings is 2. The second-order valence-electron chi connectivity index (χ2n) is 6.53. The molecular formula is C21H21N3O3. The van der Waals surface area contributed by atoms with Crippen molar-refractivity contribution < 1.29 is 14.3 Å². The second kappa shape index (κ2) is 6.46. The molecule has 1 aromatic heterocycles. The van der Waals surface area contributed by atoms with Crippen molar-refractivity contribution in [3.05, 3.63) is 59.3 Å². The monoisotopic (exact) mass is 363 g/mol. The maximum atomic E-state index is 12.6. The molecule has 0 unspecified atom stereocenters. The van der Waals surface area contributed by atoms with E-state index in [4.69, 9.17) is 14.5 Å². The SMILES string of the molecule is COc1ccc([C@H]2C(C(C)=O)=C(C)Nc3nc4ccccc4n32)cc1OC. The number of allylic oxidation sites excluding steroid dienone is 2. The number of aromatic nitrogens is 2. The van der Waals surface area contributed by atoms with Crippen LogP contribution in [0.1, 0.15) is 25.5 Å². The first-order valence-corrected chi connectivity index (χ1v) is 8.72. The van der Waals surface area contributed by atoms with Crippen molar-refractivity contribution in [2.75, 3.05) is 19.5 Å². The highest BCUT2D eigenvalue weighted by molar-refractivity contribution is 5.97. The quantitative estimate of drug-likeness (QED) is 0.761. The second-order valence-corrected chi connectivity index (χ2v) is 6.53. The van der Waals surface area contributed by atoms with Crippen LogP contribution in [0.2, 0.25) is 0 Å². The van der Waals surface area contributed by atoms with E-state index in [2.05, 4.69) is 9.88 Å². The molecule has 0 amide bonds. The van der Waals surface area contributed by atoms with E-state index in [9.17, 15) is 4.79 Å². The zero-order valence-electron chi connectivity index (χ0n) is 15.7. The summed E-state index contributed by atoms with van der Waals surface area (Å²) in [6, 6.07) is 13.4. The number of methoxy groups -OCH3 is 2. The highest BCUT2D eigenvalue weighted by atomic mass is 16.5. The molecule has 3 aromatic rings. The first-order valence-electron chi connectivity index (χ1n) is 8.72. The number of ketones is 1. The number of fused-ring (bicyclic) bond motifs is 3. The number of para-hydroxylation sites is 2. The molecule has 1 aliphatic heterocycles. The molecule has 0 aliphatic carbocycles. The Morgan fingerprint density at radius 1 is 1.11 bits per heavy atom. The predicted molar refractivity (Wildman–Crippen MR) is 104 cm³/mol. The summed E-state index contributed by atoms with van der Waals surface area (Å²) in [5.74, 6) is 2.01. The Balaban J connectivity index is 2.00. The van der Waals surface area contributed by atoms with Gasteiger partial charge in [-0.1, -0.05) is 18.2 Å². The average Bonchev–Trinajstić information content (AvgIpc) is 3.03. The molecule has 1 atom stereocenters. The molecule has 27 heavy (non-hydrogen) atoms. The normalized spacial score (nSPS) is 16.1. The van der Waals surface area contributed by atoms with Crippen molar-refractivity contribution in [1.29, 1.82) is 0 Å². The number of nitrogens with zero attached hydrogens (tertiary/aromatic N) is 2. The van der Waals surface area contributed by atoms with Gasteiger partial charge in [0, 0.05) is 11.3 Å². The van der Waals surface area contributed by atoms with Crippen LogP contribution < -0.4 is 14.8 Å². The number of anilines is 1. The number of rotatable bonds is 4. The van der Waals surface area contributed by atoms with Gasteiger partial charge < -0.3 is 14.8 Å². The van der Waals surface area contributed by atoms with Gasteiger partial charge in [0.2, 0.25) is 5.95 Å². The summed E-state index contributed by atoms with van der Waals surface area (Å²) in [5.41, 5.74) is 4.29. The van der Waals surface area contributed by atoms with E-state index in [1.807, 2.05) is 49.4 Å². The first kappa shape index (κ1) is 17.1. The highest BCUT2D eigenvalue weighted by Gasteiger charge is 2.32. The van der Waals surface area contributed by atoms with Crippen molar-refractivity contribution in [2.24, 2.45) is 0 Å². The largest absolute Gasteiger partial charge is 0.493 e. The standard InChI is InChI=1S/C21H21N3O3/c1-12-19(13(2)25)20(14-9-10-17(26-3)18(11-14)27-4)24-16-8-6-5-7-15(16)23-21(24)22-12/h5-11,20H,1-4H3,(H,22,23)/t20-/m0/s1. The highest BCUT2D eigenvalue weighted by Crippen LogP contribution is 2.41. The molecule has 6 nitrogen and oxygen atoms in total. The Labute approximate surface area is 157 Å². The van der Waals surface area contributed by atoms with Crippen LogP contribution in [0, 0.1) is 0 Å². The van der Waals surface area contributed by atoms with Crippen molar-refractivity contribution in [2.45, 2.75) is 19.9 Å². The van der Waals surface area contributed by atoms with Crippen LogP contribution in [-0.2, 0) is 4.79 Å². The summed E-state index contributed by atoms with van der Waals surface area (Å²) in [4.78, 5) is 17.3. The lowest BCUT2D eigenvalue weighted by Gasteiger charge is -2.30. The number of carbonyl (C=O) groups excluding carboxylic acids is 1. The molecule has 1 N–H and O–H groups in total. The number of nitrogens with one attached hydrogen (secondary N) is 1. The molecular weight excluding hydrogens is 342 g/mol. The van der Waals surface area contributed by atoms with Crippen LogP contribution >= 0.6 is 0 Å². The third-order valence-corrected chi connectivity index (χ3v) is 4.93. The zero-order chi connectivity index (χ0) is 19.1. The van der Waals surface area contributed by atoms with E-state index >= 15 is 0 Å². The molecule has 6 heteroatoms. The smallest absolute Gasteiger partial charge is 0.209 e. The molecule has 138 valence electrons. The molecule has 0 bridgehead atoms. The van der Waals surface area contributed by atoms with Gasteiger partial charge in [-0.2, -0.15) is 0 Å². The minimum atomic E-state index is -0.300. The van der Waals surface area contributed by atoms with Gasteiger partial charge in [-0.15, -0.1) is 0 Å². The van der Waals surface area contributed by atoms with Crippen molar-refractivity contribution in [3.8, 4) is 11.5 Å². The Morgan fingerprint density at radius 2 is 1.85 bits per heavy atom. The van der Waals surface area contributed by atoms with Crippen LogP contribution in [0.25, 0.3) is 11.0 Å². The van der Waals surface area contributed by atoms with Crippen molar-refractivity contribution >= 4 is 22.8 Å². The van der Waals surface area contributed by atoms with Gasteiger partial charge in [0.25, 0.3) is 0 Å². The van der Waals surface area contributed by atoms with E-state index in [1.54, 1.807) is 21.1 Å². The summed E-state index contributed by atoms with van der Waals surface area (Å²) in [7, 11) is 3.21. The average molecular weight is 363 g/mol. The minimum Gasteiger partial charge on any atom is -0.493 e. The number of imidazole rings is 1. The molecule has 1 aliphatic rings. The van der Waals surface area contributed by atoms with Crippen molar-refractivity contribution in [3.63, 3.8) is 0 Å². The molecule has 0 radical (unpaired) electrons. The summed E-state index contributed by atoms with van der Waals surface area (Å²) < 4.78 is 12.9. The summed E-state index contributed by atoms with van der Waals surface area (Å²) in [6.45, 7) is 3.51. The number of hydrogen-bond donors (Lipinski definition) is 1. The molecule has 4 rings (SSSR count). The van der Waals surface area contributed by atoms with Crippen molar-refractivity contribution in [1.82, 2.24) is 9.55 Å². The van der Waals surface area contributed by atoms with Gasteiger partial charge in [-0.3, -0.25) is 9.36 Å². The van der Waals surface area contributed by atoms with Gasteiger partial charge in [-0.25, -0.2) is 4.98 Å². The van der Waals surface area contributed by atoms with E-state index in [1.165, 1.54) is 0 Å². The summed E-state index contributed by atoms with van der Waals surface area (Å²) in [6.07, 6.45) is 0. The maximum Gasteiger partial charge on any atom is 0.209 e. The molecule has 0 saturated heterocycles. The lowest BCUT2D eigenvalue weighted by molar-refractivity contribution is -0.114. The van der Waals surface area contributed by atoms with Gasteiger partial charge in [-0.05, 0) is 43.7 Å². The minimum absolute atomic E-state index is 0.0169. The van der Waals surface area contributed by atoms with E-state index in [0.29, 0.717) is 17.1 Å². The number of carbonyl (C=O) groups is 1. The van der Waals surface area contributed by atoms with E-state index in [-0.39, 0.29) is 11.8 Å². The Kier molecular flexibility index (Phi) is 4.11. The lowest BCUT2D eigenvalue weighted by Crippen LogP contribution is -2.27. The molecule has 0 saturated carbocycles. The maximum absolute atomic E-state index is 12.6. The van der Waals surface area contributed by atoms with Gasteiger partial charge >= 0.3 is 0 Å². The van der Waals surface area contributed by atoms with E-state index in [0.717, 1.165) is 28.2 Å². The first-order chi connectivity index (χ1) is 13.0. The molecule has 0 fully saturated rings. The number of hydrogen-bond acceptors (Lipinski definition) is 5.